The van der Waals surface area contributed by atoms with Gasteiger partial charge in [0.25, 0.3) is 0 Å². The van der Waals surface area contributed by atoms with Gasteiger partial charge >= 0.3 is 6.18 Å². The number of benzene rings is 1. The molecule has 0 aliphatic heterocycles. The van der Waals surface area contributed by atoms with E-state index < -0.39 is 17.6 Å². The van der Waals surface area contributed by atoms with Crippen LogP contribution in [0.2, 0.25) is 0 Å². The van der Waals surface area contributed by atoms with Gasteiger partial charge in [-0.05, 0) is 29.8 Å². The van der Waals surface area contributed by atoms with E-state index in [4.69, 9.17) is 0 Å². The lowest BCUT2D eigenvalue weighted by molar-refractivity contribution is -0.137. The minimum absolute atomic E-state index is 0.0463. The molecule has 0 amide bonds. The van der Waals surface area contributed by atoms with Crippen LogP contribution in [-0.2, 0) is 11.6 Å². The quantitative estimate of drug-likeness (QED) is 0.833. The Hall–Kier alpha value is -2.11. The zero-order valence-corrected chi connectivity index (χ0v) is 12.2. The van der Waals surface area contributed by atoms with Gasteiger partial charge in [0.15, 0.2) is 0 Å². The second kappa shape index (κ2) is 5.94. The molecule has 0 aliphatic carbocycles. The van der Waals surface area contributed by atoms with Gasteiger partial charge in [0.2, 0.25) is 0 Å². The van der Waals surface area contributed by atoms with Crippen molar-refractivity contribution in [3.63, 3.8) is 0 Å². The Morgan fingerprint density at radius 1 is 1.09 bits per heavy atom. The molecule has 0 saturated heterocycles. The fourth-order valence-corrected chi connectivity index (χ4v) is 2.02. The van der Waals surface area contributed by atoms with E-state index in [9.17, 15) is 17.6 Å². The zero-order valence-electron chi connectivity index (χ0n) is 12.2. The second-order valence-corrected chi connectivity index (χ2v) is 5.67. The van der Waals surface area contributed by atoms with Crippen LogP contribution in [0.15, 0.2) is 42.7 Å². The van der Waals surface area contributed by atoms with E-state index in [2.05, 4.69) is 10.3 Å². The number of anilines is 1. The maximum atomic E-state index is 13.8. The van der Waals surface area contributed by atoms with Gasteiger partial charge < -0.3 is 5.32 Å². The number of hydrogen-bond acceptors (Lipinski definition) is 2. The van der Waals surface area contributed by atoms with Crippen LogP contribution in [0.4, 0.5) is 23.2 Å². The van der Waals surface area contributed by atoms with Gasteiger partial charge in [0.1, 0.15) is 5.82 Å². The van der Waals surface area contributed by atoms with E-state index >= 15 is 0 Å². The first-order valence-corrected chi connectivity index (χ1v) is 6.71. The van der Waals surface area contributed by atoms with Gasteiger partial charge in [-0.25, -0.2) is 4.39 Å². The number of nitrogens with zero attached hydrogens (tertiary/aromatic N) is 1. The summed E-state index contributed by atoms with van der Waals surface area (Å²) in [4.78, 5) is 4.04. The molecule has 118 valence electrons. The Morgan fingerprint density at radius 2 is 1.82 bits per heavy atom. The van der Waals surface area contributed by atoms with Crippen molar-refractivity contribution in [3.8, 4) is 0 Å². The van der Waals surface area contributed by atoms with Crippen molar-refractivity contribution >= 4 is 5.69 Å². The third-order valence-corrected chi connectivity index (χ3v) is 3.46. The van der Waals surface area contributed by atoms with E-state index in [0.717, 1.165) is 17.7 Å². The lowest BCUT2D eigenvalue weighted by Gasteiger charge is -2.26. The molecule has 1 aromatic heterocycles. The zero-order chi connectivity index (χ0) is 16.4. The number of aromatic nitrogens is 1. The first-order valence-electron chi connectivity index (χ1n) is 6.71. The maximum Gasteiger partial charge on any atom is 0.416 e. The minimum Gasteiger partial charge on any atom is -0.382 e. The fraction of sp³-hybridized carbons (Fsp3) is 0.312. The summed E-state index contributed by atoms with van der Waals surface area (Å²) in [6, 6.07) is 6.17. The van der Waals surface area contributed by atoms with Crippen molar-refractivity contribution in [1.82, 2.24) is 4.98 Å². The van der Waals surface area contributed by atoms with Crippen molar-refractivity contribution < 1.29 is 17.6 Å². The predicted octanol–water partition coefficient (Wildman–Crippen LogP) is 4.63. The van der Waals surface area contributed by atoms with E-state index in [1.165, 1.54) is 0 Å². The summed E-state index contributed by atoms with van der Waals surface area (Å²) >= 11 is 0. The van der Waals surface area contributed by atoms with Crippen LogP contribution >= 0.6 is 0 Å². The highest BCUT2D eigenvalue weighted by Crippen LogP contribution is 2.31. The van der Waals surface area contributed by atoms with Gasteiger partial charge in [-0.1, -0.05) is 19.9 Å². The SMILES string of the molecule is CC(C)(CNc1ccc(C(F)(F)F)cc1F)c1cccnc1. The highest BCUT2D eigenvalue weighted by molar-refractivity contribution is 5.47. The molecule has 22 heavy (non-hydrogen) atoms. The Labute approximate surface area is 126 Å². The summed E-state index contributed by atoms with van der Waals surface area (Å²) in [7, 11) is 0. The normalized spacial score (nSPS) is 12.3. The number of hydrogen-bond donors (Lipinski definition) is 1. The molecule has 6 heteroatoms. The standard InChI is InChI=1S/C16H16F4N2/c1-15(2,12-4-3-7-21-9-12)10-22-14-6-5-11(8-13(14)17)16(18,19)20/h3-9,22H,10H2,1-2H3. The molecule has 0 atom stereocenters. The largest absolute Gasteiger partial charge is 0.416 e. The maximum absolute atomic E-state index is 13.8. The molecule has 1 heterocycles. The summed E-state index contributed by atoms with van der Waals surface area (Å²) in [5, 5.41) is 2.86. The van der Waals surface area contributed by atoms with Gasteiger partial charge in [-0.15, -0.1) is 0 Å². The monoisotopic (exact) mass is 312 g/mol. The Balaban J connectivity index is 2.12. The fourth-order valence-electron chi connectivity index (χ4n) is 2.02. The molecule has 2 nitrogen and oxygen atoms in total. The summed E-state index contributed by atoms with van der Waals surface area (Å²) in [6.07, 6.45) is -1.18. The minimum atomic E-state index is -4.55. The molecule has 1 aromatic carbocycles. The van der Waals surface area contributed by atoms with Crippen molar-refractivity contribution in [2.45, 2.75) is 25.4 Å². The Kier molecular flexibility index (Phi) is 4.39. The number of rotatable bonds is 4. The molecular formula is C16H16F4N2. The van der Waals surface area contributed by atoms with Crippen LogP contribution in [0.3, 0.4) is 0 Å². The van der Waals surface area contributed by atoms with Crippen LogP contribution in [0.25, 0.3) is 0 Å². The van der Waals surface area contributed by atoms with Crippen molar-refractivity contribution in [3.05, 3.63) is 59.7 Å². The summed E-state index contributed by atoms with van der Waals surface area (Å²) in [5.41, 5.74) is -0.342. The number of pyridine rings is 1. The summed E-state index contributed by atoms with van der Waals surface area (Å²) < 4.78 is 51.3. The topological polar surface area (TPSA) is 24.9 Å². The van der Waals surface area contributed by atoms with Crippen LogP contribution in [0.1, 0.15) is 25.0 Å². The molecule has 0 saturated carbocycles. The van der Waals surface area contributed by atoms with Crippen LogP contribution in [0, 0.1) is 5.82 Å². The molecule has 0 aliphatic rings. The van der Waals surface area contributed by atoms with Crippen molar-refractivity contribution in [2.75, 3.05) is 11.9 Å². The smallest absolute Gasteiger partial charge is 0.382 e. The summed E-state index contributed by atoms with van der Waals surface area (Å²) in [6.45, 7) is 4.25. The molecule has 2 aromatic rings. The summed E-state index contributed by atoms with van der Waals surface area (Å²) in [5.74, 6) is -0.920. The van der Waals surface area contributed by atoms with Gasteiger partial charge in [0, 0.05) is 24.4 Å². The lowest BCUT2D eigenvalue weighted by atomic mass is 9.85. The molecule has 0 unspecified atom stereocenters. The van der Waals surface area contributed by atoms with Crippen LogP contribution < -0.4 is 5.32 Å². The van der Waals surface area contributed by atoms with E-state index in [1.807, 2.05) is 19.9 Å². The van der Waals surface area contributed by atoms with E-state index in [0.29, 0.717) is 12.6 Å². The molecular weight excluding hydrogens is 296 g/mol. The van der Waals surface area contributed by atoms with Crippen LogP contribution in [0.5, 0.6) is 0 Å². The van der Waals surface area contributed by atoms with E-state index in [1.54, 1.807) is 18.5 Å². The lowest BCUT2D eigenvalue weighted by Crippen LogP contribution is -2.28. The van der Waals surface area contributed by atoms with E-state index in [-0.39, 0.29) is 11.1 Å². The van der Waals surface area contributed by atoms with Crippen LogP contribution in [-0.4, -0.2) is 11.5 Å². The third kappa shape index (κ3) is 3.75. The molecule has 0 spiro atoms. The predicted molar refractivity (Wildman–Crippen MR) is 77.2 cm³/mol. The van der Waals surface area contributed by atoms with Gasteiger partial charge in [-0.2, -0.15) is 13.2 Å². The third-order valence-electron chi connectivity index (χ3n) is 3.46. The number of nitrogens with one attached hydrogen (secondary N) is 1. The van der Waals surface area contributed by atoms with Gasteiger partial charge in [-0.3, -0.25) is 4.98 Å². The molecule has 0 fully saturated rings. The average molecular weight is 312 g/mol. The van der Waals surface area contributed by atoms with Crippen molar-refractivity contribution in [2.24, 2.45) is 0 Å². The molecule has 2 rings (SSSR count). The molecule has 0 radical (unpaired) electrons. The van der Waals surface area contributed by atoms with Crippen molar-refractivity contribution in [1.29, 1.82) is 0 Å². The molecule has 1 N–H and O–H groups in total. The second-order valence-electron chi connectivity index (χ2n) is 5.67. The highest BCUT2D eigenvalue weighted by Gasteiger charge is 2.31. The highest BCUT2D eigenvalue weighted by atomic mass is 19.4. The number of halogens is 4. The molecule has 0 bridgehead atoms. The first-order chi connectivity index (χ1) is 10.2. The Morgan fingerprint density at radius 3 is 2.36 bits per heavy atom. The first kappa shape index (κ1) is 16.3. The average Bonchev–Trinajstić information content (AvgIpc) is 2.46. The Bertz CT molecular complexity index is 636. The number of alkyl halides is 3. The van der Waals surface area contributed by atoms with Gasteiger partial charge in [0.05, 0.1) is 11.3 Å².